The summed E-state index contributed by atoms with van der Waals surface area (Å²) >= 11 is 0. The number of aromatic nitrogens is 1. The van der Waals surface area contributed by atoms with Crippen molar-refractivity contribution >= 4 is 19.6 Å². The molecule has 1 aliphatic rings. The molecule has 150 valence electrons. The summed E-state index contributed by atoms with van der Waals surface area (Å²) in [4.78, 5) is 27.6. The molecule has 9 nitrogen and oxygen atoms in total. The van der Waals surface area contributed by atoms with Gasteiger partial charge in [-0.1, -0.05) is 13.8 Å². The number of carbonyl (C=O) groups excluding carboxylic acids is 2. The van der Waals surface area contributed by atoms with E-state index in [4.69, 9.17) is 9.05 Å². The number of ether oxygens (including phenoxy) is 1. The first-order chi connectivity index (χ1) is 12.8. The SMILES string of the molecule is COC(=O)CCNC(=O)[C@@H]1OP(=O)(NCCc2ccncc2)OCC1(C)C. The third-order valence-corrected chi connectivity index (χ3v) is 5.69. The Labute approximate surface area is 158 Å². The fourth-order valence-corrected chi connectivity index (χ4v) is 4.27. The molecule has 2 N–H and O–H groups in total. The van der Waals surface area contributed by atoms with Gasteiger partial charge in [-0.05, 0) is 24.1 Å². The molecule has 1 fully saturated rings. The van der Waals surface area contributed by atoms with E-state index in [0.717, 1.165) is 5.56 Å². The van der Waals surface area contributed by atoms with Crippen LogP contribution in [0.1, 0.15) is 25.8 Å². The second-order valence-electron chi connectivity index (χ2n) is 6.88. The van der Waals surface area contributed by atoms with Crippen molar-refractivity contribution in [1.29, 1.82) is 0 Å². The molecule has 0 radical (unpaired) electrons. The van der Waals surface area contributed by atoms with Crippen molar-refractivity contribution in [3.05, 3.63) is 30.1 Å². The zero-order chi connectivity index (χ0) is 19.9. The average molecular weight is 399 g/mol. The molecular weight excluding hydrogens is 373 g/mol. The molecule has 1 aliphatic heterocycles. The number of methoxy groups -OCH3 is 1. The van der Waals surface area contributed by atoms with Crippen molar-refractivity contribution in [3.63, 3.8) is 0 Å². The molecule has 27 heavy (non-hydrogen) atoms. The first-order valence-corrected chi connectivity index (χ1v) is 10.2. The number of nitrogens with zero attached hydrogens (tertiary/aromatic N) is 1. The lowest BCUT2D eigenvalue weighted by Crippen LogP contribution is -2.50. The Balaban J connectivity index is 1.91. The smallest absolute Gasteiger partial charge is 0.406 e. The lowest BCUT2D eigenvalue weighted by atomic mass is 9.87. The second-order valence-corrected chi connectivity index (χ2v) is 8.66. The van der Waals surface area contributed by atoms with E-state index < -0.39 is 31.1 Å². The summed E-state index contributed by atoms with van der Waals surface area (Å²) in [6.45, 7) is 4.15. The molecule has 1 amide bonds. The van der Waals surface area contributed by atoms with Crippen molar-refractivity contribution < 1.29 is 27.9 Å². The topological polar surface area (TPSA) is 116 Å². The first-order valence-electron chi connectivity index (χ1n) is 8.67. The molecule has 1 aromatic heterocycles. The van der Waals surface area contributed by atoms with Crippen molar-refractivity contribution in [2.24, 2.45) is 5.41 Å². The van der Waals surface area contributed by atoms with Crippen molar-refractivity contribution in [2.75, 3.05) is 26.8 Å². The van der Waals surface area contributed by atoms with Gasteiger partial charge in [0.15, 0.2) is 6.10 Å². The van der Waals surface area contributed by atoms with Crippen LogP contribution < -0.4 is 10.4 Å². The van der Waals surface area contributed by atoms with Gasteiger partial charge in [-0.15, -0.1) is 0 Å². The van der Waals surface area contributed by atoms with Crippen LogP contribution in [0.4, 0.5) is 0 Å². The van der Waals surface area contributed by atoms with E-state index >= 15 is 0 Å². The Morgan fingerprint density at radius 3 is 2.70 bits per heavy atom. The van der Waals surface area contributed by atoms with E-state index in [1.165, 1.54) is 7.11 Å². The highest BCUT2D eigenvalue weighted by molar-refractivity contribution is 7.51. The average Bonchev–Trinajstić information content (AvgIpc) is 2.64. The zero-order valence-corrected chi connectivity index (χ0v) is 16.7. The molecule has 1 unspecified atom stereocenters. The maximum Gasteiger partial charge on any atom is 0.406 e. The molecule has 1 saturated heterocycles. The molecule has 0 aromatic carbocycles. The van der Waals surface area contributed by atoms with E-state index in [1.807, 2.05) is 12.1 Å². The maximum atomic E-state index is 12.8. The Morgan fingerprint density at radius 1 is 1.33 bits per heavy atom. The highest BCUT2D eigenvalue weighted by Gasteiger charge is 2.47. The Hall–Kier alpha value is -1.80. The van der Waals surface area contributed by atoms with E-state index in [-0.39, 0.29) is 19.6 Å². The van der Waals surface area contributed by atoms with Crippen LogP contribution in [-0.2, 0) is 34.4 Å². The lowest BCUT2D eigenvalue weighted by molar-refractivity contribution is -0.141. The summed E-state index contributed by atoms with van der Waals surface area (Å²) in [6, 6.07) is 3.72. The summed E-state index contributed by atoms with van der Waals surface area (Å²) in [5.74, 6) is -0.866. The van der Waals surface area contributed by atoms with Crippen molar-refractivity contribution in [1.82, 2.24) is 15.4 Å². The number of esters is 1. The van der Waals surface area contributed by atoms with E-state index in [0.29, 0.717) is 13.0 Å². The summed E-state index contributed by atoms with van der Waals surface area (Å²) in [5.41, 5.74) is 0.356. The van der Waals surface area contributed by atoms with E-state index in [9.17, 15) is 14.2 Å². The van der Waals surface area contributed by atoms with Gasteiger partial charge in [0, 0.05) is 30.9 Å². The number of hydrogen-bond acceptors (Lipinski definition) is 7. The van der Waals surface area contributed by atoms with Gasteiger partial charge in [0.1, 0.15) is 0 Å². The lowest BCUT2D eigenvalue weighted by Gasteiger charge is -2.40. The number of carbonyl (C=O) groups is 2. The minimum absolute atomic E-state index is 0.0493. The summed E-state index contributed by atoms with van der Waals surface area (Å²) in [7, 11) is -2.33. The standard InChI is InChI=1S/C17H26N3O6P/c1-17(2)12-25-27(23,20-11-6-13-4-8-18-9-5-13)26-15(17)16(22)19-10-7-14(21)24-3/h4-5,8-9,15H,6-7,10-12H2,1-3H3,(H,19,22)(H,20,23)/t15-,27?/m0/s1. The molecule has 0 spiro atoms. The Bertz CT molecular complexity index is 697. The summed E-state index contributed by atoms with van der Waals surface area (Å²) in [6.07, 6.45) is 3.06. The van der Waals surface area contributed by atoms with Crippen molar-refractivity contribution in [3.8, 4) is 0 Å². The number of nitrogens with one attached hydrogen (secondary N) is 2. The molecule has 0 aliphatic carbocycles. The fourth-order valence-electron chi connectivity index (χ4n) is 2.49. The molecule has 2 atom stereocenters. The van der Waals surface area contributed by atoms with Crippen LogP contribution in [0.3, 0.4) is 0 Å². The largest absolute Gasteiger partial charge is 0.469 e. The quantitative estimate of drug-likeness (QED) is 0.498. The molecule has 2 rings (SSSR count). The molecule has 2 heterocycles. The number of pyridine rings is 1. The van der Waals surface area contributed by atoms with Crippen LogP contribution in [0.15, 0.2) is 24.5 Å². The number of rotatable bonds is 8. The van der Waals surface area contributed by atoms with Gasteiger partial charge < -0.3 is 10.1 Å². The third-order valence-electron chi connectivity index (χ3n) is 4.12. The normalized spacial score (nSPS) is 24.2. The number of hydrogen-bond donors (Lipinski definition) is 2. The van der Waals surface area contributed by atoms with Gasteiger partial charge in [-0.25, -0.2) is 9.65 Å². The molecule has 10 heteroatoms. The second kappa shape index (κ2) is 9.41. The monoisotopic (exact) mass is 399 g/mol. The summed E-state index contributed by atoms with van der Waals surface area (Å²) < 4.78 is 28.3. The van der Waals surface area contributed by atoms with E-state index in [1.54, 1.807) is 26.2 Å². The zero-order valence-electron chi connectivity index (χ0n) is 15.8. The minimum atomic E-state index is -3.62. The highest BCUT2D eigenvalue weighted by Crippen LogP contribution is 2.53. The van der Waals surface area contributed by atoms with Gasteiger partial charge in [-0.2, -0.15) is 0 Å². The molecule has 1 aromatic rings. The van der Waals surface area contributed by atoms with Crippen LogP contribution in [0.25, 0.3) is 0 Å². The van der Waals surface area contributed by atoms with Crippen LogP contribution in [0, 0.1) is 5.41 Å². The van der Waals surface area contributed by atoms with Crippen LogP contribution >= 0.6 is 7.75 Å². The van der Waals surface area contributed by atoms with Crippen LogP contribution in [0.2, 0.25) is 0 Å². The van der Waals surface area contributed by atoms with Gasteiger partial charge >= 0.3 is 13.7 Å². The van der Waals surface area contributed by atoms with E-state index in [2.05, 4.69) is 20.1 Å². The molecular formula is C17H26N3O6P. The fraction of sp³-hybridized carbons (Fsp3) is 0.588. The van der Waals surface area contributed by atoms with Gasteiger partial charge in [0.05, 0.1) is 20.1 Å². The molecule has 0 bridgehead atoms. The third kappa shape index (κ3) is 6.39. The van der Waals surface area contributed by atoms with Gasteiger partial charge in [0.2, 0.25) is 5.91 Å². The van der Waals surface area contributed by atoms with Crippen LogP contribution in [-0.4, -0.2) is 49.8 Å². The Kier molecular flexibility index (Phi) is 7.49. The highest BCUT2D eigenvalue weighted by atomic mass is 31.2. The first kappa shape index (κ1) is 21.5. The minimum Gasteiger partial charge on any atom is -0.469 e. The Morgan fingerprint density at radius 2 is 2.04 bits per heavy atom. The predicted molar refractivity (Wildman–Crippen MR) is 97.8 cm³/mol. The molecule has 0 saturated carbocycles. The maximum absolute atomic E-state index is 12.8. The van der Waals surface area contributed by atoms with Gasteiger partial charge in [0.25, 0.3) is 0 Å². The van der Waals surface area contributed by atoms with Crippen LogP contribution in [0.5, 0.6) is 0 Å². The van der Waals surface area contributed by atoms with Crippen molar-refractivity contribution in [2.45, 2.75) is 32.8 Å². The number of amides is 1. The predicted octanol–water partition coefficient (Wildman–Crippen LogP) is 1.44. The van der Waals surface area contributed by atoms with Gasteiger partial charge in [-0.3, -0.25) is 23.6 Å². The summed E-state index contributed by atoms with van der Waals surface area (Å²) in [5, 5.41) is 5.41.